The smallest absolute Gasteiger partial charge is 0.407 e. The molecule has 0 saturated carbocycles. The first-order valence-electron chi connectivity index (χ1n) is 20.1. The summed E-state index contributed by atoms with van der Waals surface area (Å²) in [5.74, 6) is 0. The van der Waals surface area contributed by atoms with Crippen molar-refractivity contribution < 1.29 is 9.53 Å². The molecule has 4 heteroatoms. The van der Waals surface area contributed by atoms with Crippen molar-refractivity contribution in [2.75, 3.05) is 27.2 Å². The Bertz CT molecular complexity index is 700. The lowest BCUT2D eigenvalue weighted by Gasteiger charge is -2.19. The highest BCUT2D eigenvalue weighted by atomic mass is 16.6. The Morgan fingerprint density at radius 1 is 0.543 bits per heavy atom. The quantitative estimate of drug-likeness (QED) is 0.0551. The molecule has 0 aliphatic carbocycles. The van der Waals surface area contributed by atoms with Crippen LogP contribution in [0.4, 0.5) is 4.79 Å². The van der Waals surface area contributed by atoms with Crippen LogP contribution in [0, 0.1) is 0 Å². The maximum atomic E-state index is 12.4. The first-order valence-corrected chi connectivity index (χ1v) is 20.1. The van der Waals surface area contributed by atoms with Gasteiger partial charge in [0.05, 0.1) is 0 Å². The van der Waals surface area contributed by atoms with Gasteiger partial charge in [-0.2, -0.15) is 0 Å². The van der Waals surface area contributed by atoms with Crippen LogP contribution in [0.15, 0.2) is 36.5 Å². The zero-order chi connectivity index (χ0) is 33.6. The van der Waals surface area contributed by atoms with Crippen molar-refractivity contribution in [1.29, 1.82) is 0 Å². The summed E-state index contributed by atoms with van der Waals surface area (Å²) in [6, 6.07) is 0. The number of rotatable bonds is 35. The van der Waals surface area contributed by atoms with Gasteiger partial charge >= 0.3 is 6.09 Å². The Hall–Kier alpha value is -1.55. The van der Waals surface area contributed by atoms with E-state index in [0.717, 1.165) is 32.2 Å². The van der Waals surface area contributed by atoms with Crippen molar-refractivity contribution >= 4 is 6.09 Å². The van der Waals surface area contributed by atoms with E-state index in [1.807, 2.05) is 14.1 Å². The van der Waals surface area contributed by atoms with Crippen LogP contribution in [-0.2, 0) is 4.74 Å². The summed E-state index contributed by atoms with van der Waals surface area (Å²) in [7, 11) is 4.05. The highest BCUT2D eigenvalue weighted by Crippen LogP contribution is 2.18. The molecule has 0 aromatic heterocycles. The second-order valence-corrected chi connectivity index (χ2v) is 13.9. The maximum absolute atomic E-state index is 12.4. The molecular formula is C42H80N2O2. The third-order valence-corrected chi connectivity index (χ3v) is 8.87. The summed E-state index contributed by atoms with van der Waals surface area (Å²) in [5.41, 5.74) is 0. The number of nitrogens with one attached hydrogen (secondary N) is 1. The second-order valence-electron chi connectivity index (χ2n) is 13.9. The third-order valence-electron chi connectivity index (χ3n) is 8.87. The molecule has 0 aliphatic rings. The van der Waals surface area contributed by atoms with E-state index < -0.39 is 0 Å². The predicted molar refractivity (Wildman–Crippen MR) is 205 cm³/mol. The lowest BCUT2D eigenvalue weighted by Crippen LogP contribution is -2.34. The van der Waals surface area contributed by atoms with Gasteiger partial charge in [0, 0.05) is 13.1 Å². The molecule has 0 saturated heterocycles. The topological polar surface area (TPSA) is 41.6 Å². The number of likely N-dealkylation sites (N-methyl/N-ethyl adjacent to an activating group) is 1. The normalized spacial score (nSPS) is 12.7. The minimum atomic E-state index is -0.237. The minimum Gasteiger partial charge on any atom is -0.446 e. The first kappa shape index (κ1) is 44.5. The van der Waals surface area contributed by atoms with Gasteiger partial charge in [-0.05, 0) is 97.6 Å². The number of allylic oxidation sites excluding steroid dienone is 6. The number of ether oxygens (including phenoxy) is 1. The number of alkyl carbamates (subject to hydrolysis) is 1. The standard InChI is InChI=1S/C42H80N2O2/c1-5-7-9-11-13-15-17-19-21-23-25-27-29-31-33-35-37-41(46-42(45)43-39-40-44(3)4)38-36-34-32-30-28-26-24-22-20-18-16-14-12-10-8-6-2/h13-16,19,21,41H,5-12,17-18,20,22-40H2,1-4H3,(H,43,45)/b15-13-,16-14-,21-19-. The third kappa shape index (κ3) is 36.9. The Morgan fingerprint density at radius 3 is 1.33 bits per heavy atom. The van der Waals surface area contributed by atoms with Crippen LogP contribution in [0.3, 0.4) is 0 Å². The number of hydrogen-bond donors (Lipinski definition) is 1. The van der Waals surface area contributed by atoms with Gasteiger partial charge in [-0.1, -0.05) is 147 Å². The molecule has 0 aromatic carbocycles. The molecule has 0 rings (SSSR count). The molecular weight excluding hydrogens is 564 g/mol. The maximum Gasteiger partial charge on any atom is 0.407 e. The highest BCUT2D eigenvalue weighted by Gasteiger charge is 2.14. The number of amides is 1. The lowest BCUT2D eigenvalue weighted by molar-refractivity contribution is 0.0837. The molecule has 270 valence electrons. The summed E-state index contributed by atoms with van der Waals surface area (Å²) in [4.78, 5) is 14.5. The molecule has 0 aromatic rings. The van der Waals surface area contributed by atoms with Crippen LogP contribution in [0.5, 0.6) is 0 Å². The summed E-state index contributed by atoms with van der Waals surface area (Å²) in [5, 5.41) is 2.94. The molecule has 1 unspecified atom stereocenters. The Labute approximate surface area is 288 Å². The molecule has 4 nitrogen and oxygen atoms in total. The van der Waals surface area contributed by atoms with Crippen LogP contribution >= 0.6 is 0 Å². The van der Waals surface area contributed by atoms with E-state index in [9.17, 15) is 4.79 Å². The lowest BCUT2D eigenvalue weighted by atomic mass is 10.0. The van der Waals surface area contributed by atoms with Gasteiger partial charge in [-0.15, -0.1) is 0 Å². The van der Waals surface area contributed by atoms with Crippen molar-refractivity contribution in [3.63, 3.8) is 0 Å². The van der Waals surface area contributed by atoms with Crippen molar-refractivity contribution in [2.24, 2.45) is 0 Å². The minimum absolute atomic E-state index is 0.0610. The zero-order valence-corrected chi connectivity index (χ0v) is 31.5. The van der Waals surface area contributed by atoms with Gasteiger partial charge in [0.15, 0.2) is 0 Å². The monoisotopic (exact) mass is 645 g/mol. The van der Waals surface area contributed by atoms with Gasteiger partial charge in [0.2, 0.25) is 0 Å². The van der Waals surface area contributed by atoms with Crippen LogP contribution in [0.25, 0.3) is 0 Å². The number of nitrogens with zero attached hydrogens (tertiary/aromatic N) is 1. The average Bonchev–Trinajstić information content (AvgIpc) is 3.04. The number of carbonyl (C=O) groups excluding carboxylic acids is 1. The van der Waals surface area contributed by atoms with Gasteiger partial charge in [-0.3, -0.25) is 0 Å². The molecule has 0 bridgehead atoms. The van der Waals surface area contributed by atoms with E-state index in [0.29, 0.717) is 6.54 Å². The molecule has 1 atom stereocenters. The van der Waals surface area contributed by atoms with Crippen molar-refractivity contribution in [1.82, 2.24) is 10.2 Å². The number of hydrogen-bond acceptors (Lipinski definition) is 3. The van der Waals surface area contributed by atoms with E-state index in [2.05, 4.69) is 60.5 Å². The Kier molecular flexibility index (Phi) is 36.6. The Morgan fingerprint density at radius 2 is 0.913 bits per heavy atom. The summed E-state index contributed by atoms with van der Waals surface area (Å²) >= 11 is 0. The van der Waals surface area contributed by atoms with Crippen LogP contribution in [0.2, 0.25) is 0 Å². The second kappa shape index (κ2) is 37.9. The van der Waals surface area contributed by atoms with Gasteiger partial charge in [-0.25, -0.2) is 4.79 Å². The van der Waals surface area contributed by atoms with Gasteiger partial charge in [0.25, 0.3) is 0 Å². The SMILES string of the molecule is CCCCC/C=C\C/C=C\CCCCCCCCC(CCCCCCCCCCC/C=C\CCCCC)OC(=O)NCCN(C)C. The fourth-order valence-electron chi connectivity index (χ4n) is 5.82. The van der Waals surface area contributed by atoms with E-state index in [4.69, 9.17) is 4.74 Å². The van der Waals surface area contributed by atoms with Crippen molar-refractivity contribution in [2.45, 2.75) is 200 Å². The molecule has 0 radical (unpaired) electrons. The van der Waals surface area contributed by atoms with Crippen molar-refractivity contribution in [3.8, 4) is 0 Å². The van der Waals surface area contributed by atoms with Crippen LogP contribution < -0.4 is 5.32 Å². The highest BCUT2D eigenvalue weighted by molar-refractivity contribution is 5.67. The molecule has 46 heavy (non-hydrogen) atoms. The summed E-state index contributed by atoms with van der Waals surface area (Å²) in [6.07, 6.45) is 49.6. The first-order chi connectivity index (χ1) is 22.6. The van der Waals surface area contributed by atoms with Crippen molar-refractivity contribution in [3.05, 3.63) is 36.5 Å². The zero-order valence-electron chi connectivity index (χ0n) is 31.5. The summed E-state index contributed by atoms with van der Waals surface area (Å²) in [6.45, 7) is 6.00. The molecule has 0 spiro atoms. The fourth-order valence-corrected chi connectivity index (χ4v) is 5.82. The van der Waals surface area contributed by atoms with E-state index in [-0.39, 0.29) is 12.2 Å². The van der Waals surface area contributed by atoms with Crippen LogP contribution in [-0.4, -0.2) is 44.3 Å². The molecule has 1 amide bonds. The van der Waals surface area contributed by atoms with E-state index in [1.165, 1.54) is 154 Å². The molecule has 0 heterocycles. The predicted octanol–water partition coefficient (Wildman–Crippen LogP) is 13.3. The number of unbranched alkanes of at least 4 members (excludes halogenated alkanes) is 21. The molecule has 0 aliphatic heterocycles. The van der Waals surface area contributed by atoms with E-state index in [1.54, 1.807) is 0 Å². The van der Waals surface area contributed by atoms with E-state index >= 15 is 0 Å². The van der Waals surface area contributed by atoms with Gasteiger partial charge < -0.3 is 15.0 Å². The van der Waals surface area contributed by atoms with Crippen LogP contribution in [0.1, 0.15) is 194 Å². The Balaban J connectivity index is 3.96. The molecule has 1 N–H and O–H groups in total. The largest absolute Gasteiger partial charge is 0.446 e. The number of carbonyl (C=O) groups is 1. The average molecular weight is 645 g/mol. The summed E-state index contributed by atoms with van der Waals surface area (Å²) < 4.78 is 5.90. The fraction of sp³-hybridized carbons (Fsp3) is 0.833. The van der Waals surface area contributed by atoms with Gasteiger partial charge in [0.1, 0.15) is 6.10 Å². The molecule has 0 fully saturated rings.